The van der Waals surface area contributed by atoms with Crippen molar-refractivity contribution in [3.8, 4) is 11.4 Å². The number of hydrogen-bond donors (Lipinski definition) is 1. The van der Waals surface area contributed by atoms with Crippen LogP contribution in [0.4, 0.5) is 18.3 Å². The zero-order valence-corrected chi connectivity index (χ0v) is 14.6. The Morgan fingerprint density at radius 3 is 2.77 bits per heavy atom. The Hall–Kier alpha value is -2.00. The molecule has 1 aliphatic carbocycles. The van der Waals surface area contributed by atoms with Gasteiger partial charge >= 0.3 is 6.18 Å². The molecule has 0 bridgehead atoms. The molecule has 2 aromatic rings. The topological polar surface area (TPSA) is 61.6 Å². The molecule has 0 radical (unpaired) electrons. The van der Waals surface area contributed by atoms with Crippen LogP contribution in [0.1, 0.15) is 32.1 Å². The molecule has 138 valence electrons. The molecule has 1 saturated carbocycles. The summed E-state index contributed by atoms with van der Waals surface area (Å²) in [4.78, 5) is 8.43. The molecule has 0 saturated heterocycles. The van der Waals surface area contributed by atoms with Crippen LogP contribution in [0.3, 0.4) is 0 Å². The number of halogens is 3. The lowest BCUT2D eigenvalue weighted by Gasteiger charge is -2.37. The molecule has 2 aromatic heterocycles. The minimum atomic E-state index is -4.84. The fourth-order valence-electron chi connectivity index (χ4n) is 3.58. The maximum Gasteiger partial charge on any atom is 0.439 e. The van der Waals surface area contributed by atoms with Crippen molar-refractivity contribution >= 4 is 22.2 Å². The summed E-state index contributed by atoms with van der Waals surface area (Å²) in [6.45, 7) is 0. The van der Waals surface area contributed by atoms with Gasteiger partial charge in [0.2, 0.25) is 5.13 Å². The number of rotatable bonds is 2. The van der Waals surface area contributed by atoms with Crippen molar-refractivity contribution in [1.29, 1.82) is 0 Å². The third kappa shape index (κ3) is 2.69. The second-order valence-corrected chi connectivity index (χ2v) is 7.35. The predicted octanol–water partition coefficient (Wildman–Crippen LogP) is 4.21. The molecule has 9 heteroatoms. The Bertz CT molecular complexity index is 823. The molecular formula is C17H17F3N4OS. The van der Waals surface area contributed by atoms with Crippen molar-refractivity contribution in [3.63, 3.8) is 0 Å². The summed E-state index contributed by atoms with van der Waals surface area (Å²) >= 11 is 1.02. The van der Waals surface area contributed by atoms with Gasteiger partial charge < -0.3 is 5.11 Å². The van der Waals surface area contributed by atoms with Gasteiger partial charge in [-0.1, -0.05) is 18.9 Å². The molecule has 2 atom stereocenters. The van der Waals surface area contributed by atoms with E-state index in [1.807, 2.05) is 0 Å². The summed E-state index contributed by atoms with van der Waals surface area (Å²) in [7, 11) is 0. The summed E-state index contributed by atoms with van der Waals surface area (Å²) in [5.41, 5.74) is -1.61. The number of aliphatic hydroxyl groups is 1. The number of thiazole rings is 1. The normalized spacial score (nSPS) is 26.4. The molecule has 1 fully saturated rings. The Labute approximate surface area is 152 Å². The van der Waals surface area contributed by atoms with Gasteiger partial charge in [-0.05, 0) is 31.4 Å². The second kappa shape index (κ2) is 6.31. The van der Waals surface area contributed by atoms with E-state index in [-0.39, 0.29) is 11.6 Å². The van der Waals surface area contributed by atoms with E-state index in [0.717, 1.165) is 24.2 Å². The number of hydrazone groups is 1. The van der Waals surface area contributed by atoms with Crippen LogP contribution in [0.2, 0.25) is 0 Å². The van der Waals surface area contributed by atoms with Gasteiger partial charge in [0, 0.05) is 17.3 Å². The highest BCUT2D eigenvalue weighted by Gasteiger charge is 2.67. The first-order valence-electron chi connectivity index (χ1n) is 8.45. The minimum absolute atomic E-state index is 0.0195. The van der Waals surface area contributed by atoms with E-state index in [2.05, 4.69) is 15.1 Å². The van der Waals surface area contributed by atoms with Crippen molar-refractivity contribution in [2.45, 2.75) is 44.0 Å². The van der Waals surface area contributed by atoms with Gasteiger partial charge in [-0.25, -0.2) is 4.98 Å². The average Bonchev–Trinajstić information content (AvgIpc) is 3.12. The van der Waals surface area contributed by atoms with E-state index < -0.39 is 17.8 Å². The molecule has 2 aliphatic rings. The number of alkyl halides is 3. The van der Waals surface area contributed by atoms with Crippen molar-refractivity contribution < 1.29 is 18.3 Å². The second-order valence-electron chi connectivity index (χ2n) is 6.51. The van der Waals surface area contributed by atoms with E-state index in [9.17, 15) is 18.3 Å². The van der Waals surface area contributed by atoms with Gasteiger partial charge in [-0.15, -0.1) is 11.3 Å². The van der Waals surface area contributed by atoms with Crippen LogP contribution in [-0.4, -0.2) is 32.7 Å². The van der Waals surface area contributed by atoms with Crippen LogP contribution in [0.5, 0.6) is 0 Å². The van der Waals surface area contributed by atoms with Crippen LogP contribution in [0.25, 0.3) is 11.4 Å². The van der Waals surface area contributed by atoms with Gasteiger partial charge in [0.15, 0.2) is 0 Å². The highest BCUT2D eigenvalue weighted by Crippen LogP contribution is 2.49. The van der Waals surface area contributed by atoms with Crippen LogP contribution < -0.4 is 5.01 Å². The summed E-state index contributed by atoms with van der Waals surface area (Å²) in [5, 5.41) is 17.3. The summed E-state index contributed by atoms with van der Waals surface area (Å²) in [6, 6.07) is 5.26. The standard InChI is InChI=1S/C17H17F3N4OS/c18-17(19,20)16(25)11-6-2-1-3-7-12(11)23-24(16)15-22-14(10-26-15)13-8-4-5-9-21-13/h4-5,8-11,25H,1-3,6-7H2/t11-,16-/m1/s1. The first kappa shape index (κ1) is 17.4. The van der Waals surface area contributed by atoms with E-state index in [4.69, 9.17) is 0 Å². The molecule has 3 heterocycles. The number of hydrogen-bond acceptors (Lipinski definition) is 6. The van der Waals surface area contributed by atoms with Crippen LogP contribution in [0.15, 0.2) is 34.9 Å². The SMILES string of the molecule is O[C@@]1(C(F)(F)F)[C@@H]2CCCCCC2=NN1c1nc(-c2ccccn2)cs1. The monoisotopic (exact) mass is 382 g/mol. The highest BCUT2D eigenvalue weighted by molar-refractivity contribution is 7.14. The van der Waals surface area contributed by atoms with Crippen LogP contribution in [0, 0.1) is 5.92 Å². The van der Waals surface area contributed by atoms with E-state index >= 15 is 0 Å². The van der Waals surface area contributed by atoms with E-state index in [1.54, 1.807) is 29.8 Å². The zero-order valence-electron chi connectivity index (χ0n) is 13.8. The third-order valence-electron chi connectivity index (χ3n) is 4.88. The largest absolute Gasteiger partial charge is 0.439 e. The van der Waals surface area contributed by atoms with Crippen LogP contribution >= 0.6 is 11.3 Å². The number of pyridine rings is 1. The molecule has 0 aromatic carbocycles. The smallest absolute Gasteiger partial charge is 0.362 e. The lowest BCUT2D eigenvalue weighted by molar-refractivity contribution is -0.268. The quantitative estimate of drug-likeness (QED) is 0.845. The third-order valence-corrected chi connectivity index (χ3v) is 5.70. The number of nitrogens with zero attached hydrogens (tertiary/aromatic N) is 4. The number of fused-ring (bicyclic) bond motifs is 1. The summed E-state index contributed by atoms with van der Waals surface area (Å²) < 4.78 is 41.7. The first-order valence-corrected chi connectivity index (χ1v) is 9.33. The predicted molar refractivity (Wildman–Crippen MR) is 92.8 cm³/mol. The van der Waals surface area contributed by atoms with Crippen LogP contribution in [-0.2, 0) is 0 Å². The van der Waals surface area contributed by atoms with Gasteiger partial charge in [0.1, 0.15) is 5.69 Å². The molecule has 5 nitrogen and oxygen atoms in total. The lowest BCUT2D eigenvalue weighted by atomic mass is 9.87. The van der Waals surface area contributed by atoms with Crippen molar-refractivity contribution in [3.05, 3.63) is 29.8 Å². The van der Waals surface area contributed by atoms with Crippen molar-refractivity contribution in [1.82, 2.24) is 9.97 Å². The van der Waals surface area contributed by atoms with Gasteiger partial charge in [-0.2, -0.15) is 23.3 Å². The number of aromatic nitrogens is 2. The van der Waals surface area contributed by atoms with Gasteiger partial charge in [0.05, 0.1) is 11.6 Å². The van der Waals surface area contributed by atoms with Gasteiger partial charge in [0.25, 0.3) is 5.72 Å². The molecule has 0 amide bonds. The Morgan fingerprint density at radius 2 is 2.04 bits per heavy atom. The Balaban J connectivity index is 1.76. The van der Waals surface area contributed by atoms with Crippen molar-refractivity contribution in [2.24, 2.45) is 11.0 Å². The van der Waals surface area contributed by atoms with E-state index in [0.29, 0.717) is 35.0 Å². The molecule has 1 aliphatic heterocycles. The molecule has 26 heavy (non-hydrogen) atoms. The number of anilines is 1. The van der Waals surface area contributed by atoms with Crippen molar-refractivity contribution in [2.75, 3.05) is 5.01 Å². The fourth-order valence-corrected chi connectivity index (χ4v) is 4.40. The molecular weight excluding hydrogens is 365 g/mol. The molecule has 0 unspecified atom stereocenters. The first-order chi connectivity index (χ1) is 12.4. The molecule has 1 N–H and O–H groups in total. The minimum Gasteiger partial charge on any atom is -0.362 e. The summed E-state index contributed by atoms with van der Waals surface area (Å²) in [6.07, 6.45) is -0.230. The Morgan fingerprint density at radius 1 is 1.19 bits per heavy atom. The highest BCUT2D eigenvalue weighted by atomic mass is 32.1. The maximum atomic E-state index is 13.9. The fraction of sp³-hybridized carbons (Fsp3) is 0.471. The lowest BCUT2D eigenvalue weighted by Crippen LogP contribution is -2.60. The van der Waals surface area contributed by atoms with Gasteiger partial charge in [-0.3, -0.25) is 4.98 Å². The summed E-state index contributed by atoms with van der Waals surface area (Å²) in [5.74, 6) is -1.05. The van der Waals surface area contributed by atoms with E-state index in [1.165, 1.54) is 0 Å². The maximum absolute atomic E-state index is 13.9. The average molecular weight is 382 g/mol. The molecule has 0 spiro atoms. The Kier molecular flexibility index (Phi) is 4.23. The molecule has 4 rings (SSSR count). The zero-order chi connectivity index (χ0) is 18.4.